The number of hydrogen-bond acceptors (Lipinski definition) is 3. The van der Waals surface area contributed by atoms with Crippen molar-refractivity contribution < 1.29 is 0 Å². The van der Waals surface area contributed by atoms with Crippen molar-refractivity contribution in [1.29, 1.82) is 0 Å². The lowest BCUT2D eigenvalue weighted by atomic mass is 10.2. The predicted molar refractivity (Wildman–Crippen MR) is 56.1 cm³/mol. The van der Waals surface area contributed by atoms with Gasteiger partial charge in [0.25, 0.3) is 0 Å². The fourth-order valence-electron chi connectivity index (χ4n) is 1.54. The smallest absolute Gasteiger partial charge is 0.158 e. The Morgan fingerprint density at radius 1 is 1.33 bits per heavy atom. The molecule has 1 saturated carbocycles. The standard InChI is InChI=1S/C10H9ClN4/c11-9-3-10(13-6-12-9)15-5-8(4-14-15)7-1-2-7/h3-7H,1-2H2. The van der Waals surface area contributed by atoms with Crippen LogP contribution < -0.4 is 0 Å². The molecule has 1 aliphatic carbocycles. The molecule has 1 aliphatic rings. The first kappa shape index (κ1) is 8.85. The van der Waals surface area contributed by atoms with E-state index in [9.17, 15) is 0 Å². The third kappa shape index (κ3) is 1.72. The van der Waals surface area contributed by atoms with Crippen LogP contribution in [0.15, 0.2) is 24.8 Å². The maximum Gasteiger partial charge on any atom is 0.158 e. The van der Waals surface area contributed by atoms with Gasteiger partial charge in [0.2, 0.25) is 0 Å². The van der Waals surface area contributed by atoms with Crippen molar-refractivity contribution in [3.8, 4) is 5.82 Å². The van der Waals surface area contributed by atoms with Crippen LogP contribution in [-0.2, 0) is 0 Å². The molecular formula is C10H9ClN4. The van der Waals surface area contributed by atoms with Gasteiger partial charge in [-0.2, -0.15) is 5.10 Å². The summed E-state index contributed by atoms with van der Waals surface area (Å²) in [5.74, 6) is 1.41. The van der Waals surface area contributed by atoms with Gasteiger partial charge in [0.1, 0.15) is 11.5 Å². The molecule has 0 bridgehead atoms. The van der Waals surface area contributed by atoms with Gasteiger partial charge in [0.15, 0.2) is 5.82 Å². The van der Waals surface area contributed by atoms with Gasteiger partial charge >= 0.3 is 0 Å². The number of rotatable bonds is 2. The predicted octanol–water partition coefficient (Wildman–Crippen LogP) is 2.19. The van der Waals surface area contributed by atoms with Crippen LogP contribution in [0.25, 0.3) is 5.82 Å². The minimum absolute atomic E-state index is 0.434. The van der Waals surface area contributed by atoms with Crippen LogP contribution in [0.2, 0.25) is 5.15 Å². The average Bonchev–Trinajstić information content (AvgIpc) is 2.97. The van der Waals surface area contributed by atoms with E-state index in [1.807, 2.05) is 12.4 Å². The molecule has 0 radical (unpaired) electrons. The zero-order chi connectivity index (χ0) is 10.3. The second-order valence-corrected chi connectivity index (χ2v) is 4.08. The summed E-state index contributed by atoms with van der Waals surface area (Å²) >= 11 is 5.78. The van der Waals surface area contributed by atoms with Gasteiger partial charge < -0.3 is 0 Å². The Morgan fingerprint density at radius 3 is 2.93 bits per heavy atom. The number of hydrogen-bond donors (Lipinski definition) is 0. The molecule has 0 N–H and O–H groups in total. The van der Waals surface area contributed by atoms with Crippen molar-refractivity contribution in [2.24, 2.45) is 0 Å². The molecule has 2 aromatic heterocycles. The average molecular weight is 221 g/mol. The molecule has 0 unspecified atom stereocenters. The lowest BCUT2D eigenvalue weighted by Crippen LogP contribution is -1.97. The van der Waals surface area contributed by atoms with Gasteiger partial charge in [-0.15, -0.1) is 0 Å². The van der Waals surface area contributed by atoms with Crippen LogP contribution in [0, 0.1) is 0 Å². The lowest BCUT2D eigenvalue weighted by molar-refractivity contribution is 0.838. The molecule has 3 rings (SSSR count). The summed E-state index contributed by atoms with van der Waals surface area (Å²) in [7, 11) is 0. The van der Waals surface area contributed by atoms with Crippen molar-refractivity contribution in [3.05, 3.63) is 35.5 Å². The van der Waals surface area contributed by atoms with Crippen LogP contribution in [0.4, 0.5) is 0 Å². The molecule has 0 amide bonds. The van der Waals surface area contributed by atoms with Gasteiger partial charge in [-0.25, -0.2) is 14.6 Å². The van der Waals surface area contributed by atoms with E-state index in [0.717, 1.165) is 0 Å². The number of halogens is 1. The maximum atomic E-state index is 5.78. The van der Waals surface area contributed by atoms with Crippen molar-refractivity contribution in [3.63, 3.8) is 0 Å². The Kier molecular flexibility index (Phi) is 1.95. The monoisotopic (exact) mass is 220 g/mol. The van der Waals surface area contributed by atoms with Gasteiger partial charge in [-0.1, -0.05) is 11.6 Å². The summed E-state index contributed by atoms with van der Waals surface area (Å²) in [4.78, 5) is 7.94. The Balaban J connectivity index is 1.97. The third-order valence-corrected chi connectivity index (χ3v) is 2.71. The lowest BCUT2D eigenvalue weighted by Gasteiger charge is -1.98. The summed E-state index contributed by atoms with van der Waals surface area (Å²) in [6.07, 6.45) is 7.90. The molecule has 76 valence electrons. The number of aromatic nitrogens is 4. The SMILES string of the molecule is Clc1cc(-n2cc(C3CC3)cn2)ncn1. The van der Waals surface area contributed by atoms with Crippen molar-refractivity contribution in [2.45, 2.75) is 18.8 Å². The van der Waals surface area contributed by atoms with Crippen LogP contribution in [0.1, 0.15) is 24.3 Å². The quantitative estimate of drug-likeness (QED) is 0.729. The molecular weight excluding hydrogens is 212 g/mol. The maximum absolute atomic E-state index is 5.78. The fraction of sp³-hybridized carbons (Fsp3) is 0.300. The van der Waals surface area contributed by atoms with Gasteiger partial charge in [0.05, 0.1) is 6.20 Å². The zero-order valence-electron chi connectivity index (χ0n) is 7.97. The van der Waals surface area contributed by atoms with Gasteiger partial charge in [-0.3, -0.25) is 0 Å². The molecule has 0 saturated heterocycles. The van der Waals surface area contributed by atoms with Gasteiger partial charge in [0, 0.05) is 12.3 Å². The van der Waals surface area contributed by atoms with Crippen LogP contribution >= 0.6 is 11.6 Å². The second kappa shape index (κ2) is 3.31. The topological polar surface area (TPSA) is 43.6 Å². The normalized spacial score (nSPS) is 15.5. The molecule has 0 aliphatic heterocycles. The highest BCUT2D eigenvalue weighted by Gasteiger charge is 2.24. The molecule has 1 fully saturated rings. The van der Waals surface area contributed by atoms with Crippen LogP contribution in [-0.4, -0.2) is 19.7 Å². The van der Waals surface area contributed by atoms with Crippen molar-refractivity contribution in [2.75, 3.05) is 0 Å². The van der Waals surface area contributed by atoms with Crippen LogP contribution in [0.3, 0.4) is 0 Å². The highest BCUT2D eigenvalue weighted by atomic mass is 35.5. The molecule has 4 nitrogen and oxygen atoms in total. The minimum Gasteiger partial charge on any atom is -0.224 e. The Labute approximate surface area is 91.9 Å². The van der Waals surface area contributed by atoms with E-state index in [1.165, 1.54) is 24.7 Å². The summed E-state index contributed by atoms with van der Waals surface area (Å²) in [6.45, 7) is 0. The first-order chi connectivity index (χ1) is 7.33. The van der Waals surface area contributed by atoms with E-state index in [0.29, 0.717) is 16.9 Å². The van der Waals surface area contributed by atoms with E-state index in [4.69, 9.17) is 11.6 Å². The van der Waals surface area contributed by atoms with E-state index >= 15 is 0 Å². The van der Waals surface area contributed by atoms with E-state index in [-0.39, 0.29) is 0 Å². The highest BCUT2D eigenvalue weighted by Crippen LogP contribution is 2.39. The van der Waals surface area contributed by atoms with Gasteiger partial charge in [-0.05, 0) is 24.3 Å². The molecule has 2 heterocycles. The van der Waals surface area contributed by atoms with E-state index in [1.54, 1.807) is 10.7 Å². The highest BCUT2D eigenvalue weighted by molar-refractivity contribution is 6.29. The first-order valence-corrected chi connectivity index (χ1v) is 5.23. The minimum atomic E-state index is 0.434. The van der Waals surface area contributed by atoms with E-state index in [2.05, 4.69) is 15.1 Å². The summed E-state index contributed by atoms with van der Waals surface area (Å²) in [6, 6.07) is 1.70. The van der Waals surface area contributed by atoms with E-state index < -0.39 is 0 Å². The Hall–Kier alpha value is -1.42. The second-order valence-electron chi connectivity index (χ2n) is 3.69. The van der Waals surface area contributed by atoms with Crippen LogP contribution in [0.5, 0.6) is 0 Å². The Bertz CT molecular complexity index is 490. The van der Waals surface area contributed by atoms with Crippen molar-refractivity contribution in [1.82, 2.24) is 19.7 Å². The summed E-state index contributed by atoms with van der Waals surface area (Å²) < 4.78 is 1.74. The largest absolute Gasteiger partial charge is 0.224 e. The number of nitrogens with zero attached hydrogens (tertiary/aromatic N) is 4. The molecule has 0 spiro atoms. The fourth-order valence-corrected chi connectivity index (χ4v) is 1.68. The molecule has 2 aromatic rings. The zero-order valence-corrected chi connectivity index (χ0v) is 8.72. The molecule has 5 heteroatoms. The first-order valence-electron chi connectivity index (χ1n) is 4.85. The molecule has 0 atom stereocenters. The van der Waals surface area contributed by atoms with Crippen molar-refractivity contribution >= 4 is 11.6 Å². The molecule has 15 heavy (non-hydrogen) atoms. The summed E-state index contributed by atoms with van der Waals surface area (Å²) in [5.41, 5.74) is 1.28. The summed E-state index contributed by atoms with van der Waals surface area (Å²) in [5, 5.41) is 4.69. The Morgan fingerprint density at radius 2 is 2.20 bits per heavy atom. The molecule has 0 aromatic carbocycles. The third-order valence-electron chi connectivity index (χ3n) is 2.51.